The Morgan fingerprint density at radius 3 is 3.15 bits per heavy atom. The molecule has 1 aliphatic carbocycles. The van der Waals surface area contributed by atoms with Crippen molar-refractivity contribution in [1.82, 2.24) is 10.3 Å². The lowest BCUT2D eigenvalue weighted by Gasteiger charge is -2.19. The highest BCUT2D eigenvalue weighted by atomic mass is 32.1. The molecule has 0 bridgehead atoms. The largest absolute Gasteiger partial charge is 0.312 e. The molecule has 1 aromatic heterocycles. The maximum Gasteiger partial charge on any atom is 0.0929 e. The van der Waals surface area contributed by atoms with Crippen molar-refractivity contribution < 1.29 is 0 Å². The van der Waals surface area contributed by atoms with Gasteiger partial charge in [0.1, 0.15) is 0 Å². The first-order valence-electron chi connectivity index (χ1n) is 5.01. The van der Waals surface area contributed by atoms with Crippen LogP contribution >= 0.6 is 11.3 Å². The summed E-state index contributed by atoms with van der Waals surface area (Å²) < 4.78 is 0. The molecular weight excluding hydrogens is 180 g/mol. The monoisotopic (exact) mass is 196 g/mol. The van der Waals surface area contributed by atoms with Crippen LogP contribution in [-0.2, 0) is 12.8 Å². The highest BCUT2D eigenvalue weighted by Crippen LogP contribution is 2.32. The second kappa shape index (κ2) is 3.76. The van der Waals surface area contributed by atoms with Gasteiger partial charge in [0.05, 0.1) is 16.7 Å². The fourth-order valence-corrected chi connectivity index (χ4v) is 3.01. The van der Waals surface area contributed by atoms with E-state index >= 15 is 0 Å². The zero-order valence-corrected chi connectivity index (χ0v) is 9.08. The van der Waals surface area contributed by atoms with Gasteiger partial charge in [-0.15, -0.1) is 11.3 Å². The minimum absolute atomic E-state index is 0.514. The third-order valence-corrected chi connectivity index (χ3v) is 3.92. The van der Waals surface area contributed by atoms with Crippen LogP contribution in [-0.4, -0.2) is 12.0 Å². The van der Waals surface area contributed by atoms with Gasteiger partial charge in [-0.3, -0.25) is 0 Å². The number of aryl methyl sites for hydroxylation is 2. The second-order valence-electron chi connectivity index (χ2n) is 3.50. The molecular formula is C10H16N2S. The molecule has 0 saturated carbocycles. The summed E-state index contributed by atoms with van der Waals surface area (Å²) in [7, 11) is 2.03. The number of hydrogen-bond acceptors (Lipinski definition) is 3. The van der Waals surface area contributed by atoms with Gasteiger partial charge >= 0.3 is 0 Å². The van der Waals surface area contributed by atoms with Crippen LogP contribution in [0.15, 0.2) is 0 Å². The number of fused-ring (bicyclic) bond motifs is 1. The van der Waals surface area contributed by atoms with Crippen LogP contribution in [0.3, 0.4) is 0 Å². The van der Waals surface area contributed by atoms with E-state index in [1.165, 1.54) is 34.8 Å². The van der Waals surface area contributed by atoms with Crippen LogP contribution < -0.4 is 5.32 Å². The minimum Gasteiger partial charge on any atom is -0.312 e. The summed E-state index contributed by atoms with van der Waals surface area (Å²) in [4.78, 5) is 6.19. The molecule has 0 aliphatic heterocycles. The van der Waals surface area contributed by atoms with Gasteiger partial charge in [0.2, 0.25) is 0 Å². The zero-order valence-electron chi connectivity index (χ0n) is 8.26. The van der Waals surface area contributed by atoms with Crippen LogP contribution in [0, 0.1) is 0 Å². The molecule has 1 atom stereocenters. The molecule has 0 saturated heterocycles. The van der Waals surface area contributed by atoms with E-state index in [2.05, 4.69) is 17.2 Å². The molecule has 0 fully saturated rings. The molecule has 0 radical (unpaired) electrons. The van der Waals surface area contributed by atoms with Gasteiger partial charge in [-0.1, -0.05) is 6.92 Å². The van der Waals surface area contributed by atoms with E-state index in [0.717, 1.165) is 6.42 Å². The van der Waals surface area contributed by atoms with Crippen molar-refractivity contribution in [3.05, 3.63) is 15.6 Å². The van der Waals surface area contributed by atoms with E-state index in [9.17, 15) is 0 Å². The van der Waals surface area contributed by atoms with Crippen molar-refractivity contribution in [3.8, 4) is 0 Å². The van der Waals surface area contributed by atoms with Crippen molar-refractivity contribution in [2.24, 2.45) is 0 Å². The standard InChI is InChI=1S/C10H16N2S/c1-3-9-12-10-7(11-2)5-4-6-8(10)13-9/h7,11H,3-6H2,1-2H3. The summed E-state index contributed by atoms with van der Waals surface area (Å²) >= 11 is 1.90. The van der Waals surface area contributed by atoms with Crippen LogP contribution in [0.5, 0.6) is 0 Å². The first-order chi connectivity index (χ1) is 6.35. The first-order valence-corrected chi connectivity index (χ1v) is 5.82. The van der Waals surface area contributed by atoms with Gasteiger partial charge in [0.25, 0.3) is 0 Å². The molecule has 1 heterocycles. The van der Waals surface area contributed by atoms with Crippen molar-refractivity contribution in [1.29, 1.82) is 0 Å². The Kier molecular flexibility index (Phi) is 2.65. The third-order valence-electron chi connectivity index (χ3n) is 2.65. The lowest BCUT2D eigenvalue weighted by atomic mass is 9.98. The number of nitrogens with one attached hydrogen (secondary N) is 1. The Bertz CT molecular complexity index is 293. The first kappa shape index (κ1) is 9.16. The molecule has 2 rings (SSSR count). The molecule has 13 heavy (non-hydrogen) atoms. The number of hydrogen-bond donors (Lipinski definition) is 1. The topological polar surface area (TPSA) is 24.9 Å². The molecule has 1 unspecified atom stereocenters. The lowest BCUT2D eigenvalue weighted by Crippen LogP contribution is -2.21. The van der Waals surface area contributed by atoms with E-state index in [1.54, 1.807) is 0 Å². The molecule has 0 aromatic carbocycles. The van der Waals surface area contributed by atoms with Crippen LogP contribution in [0.4, 0.5) is 0 Å². The highest BCUT2D eigenvalue weighted by molar-refractivity contribution is 7.11. The van der Waals surface area contributed by atoms with Crippen molar-refractivity contribution in [2.75, 3.05) is 7.05 Å². The van der Waals surface area contributed by atoms with Gasteiger partial charge in [-0.25, -0.2) is 4.98 Å². The van der Waals surface area contributed by atoms with Gasteiger partial charge < -0.3 is 5.32 Å². The molecule has 1 aromatic rings. The van der Waals surface area contributed by atoms with Gasteiger partial charge in [-0.05, 0) is 32.7 Å². The predicted octanol–water partition coefficient (Wildman–Crippen LogP) is 2.30. The van der Waals surface area contributed by atoms with E-state index in [-0.39, 0.29) is 0 Å². The summed E-state index contributed by atoms with van der Waals surface area (Å²) in [6, 6.07) is 0.514. The van der Waals surface area contributed by atoms with Gasteiger partial charge in [-0.2, -0.15) is 0 Å². The van der Waals surface area contributed by atoms with Crippen molar-refractivity contribution in [2.45, 2.75) is 38.6 Å². The zero-order chi connectivity index (χ0) is 9.26. The number of aromatic nitrogens is 1. The normalized spacial score (nSPS) is 21.5. The van der Waals surface area contributed by atoms with E-state index in [0.29, 0.717) is 6.04 Å². The molecule has 72 valence electrons. The Hall–Kier alpha value is -0.410. The fourth-order valence-electron chi connectivity index (χ4n) is 1.90. The molecule has 0 amide bonds. The van der Waals surface area contributed by atoms with E-state index in [1.807, 2.05) is 18.4 Å². The number of nitrogens with zero attached hydrogens (tertiary/aromatic N) is 1. The maximum atomic E-state index is 4.68. The molecule has 1 N–H and O–H groups in total. The number of thiazole rings is 1. The average Bonchev–Trinajstić information content (AvgIpc) is 2.59. The smallest absolute Gasteiger partial charge is 0.0929 e. The Labute approximate surface area is 83.4 Å². The summed E-state index contributed by atoms with van der Waals surface area (Å²) in [6.07, 6.45) is 4.87. The third kappa shape index (κ3) is 1.63. The fraction of sp³-hybridized carbons (Fsp3) is 0.700. The summed E-state index contributed by atoms with van der Waals surface area (Å²) in [5, 5.41) is 4.64. The van der Waals surface area contributed by atoms with E-state index in [4.69, 9.17) is 0 Å². The maximum absolute atomic E-state index is 4.68. The van der Waals surface area contributed by atoms with Gasteiger partial charge in [0.15, 0.2) is 0 Å². The summed E-state index contributed by atoms with van der Waals surface area (Å²) in [5.41, 5.74) is 1.33. The van der Waals surface area contributed by atoms with Gasteiger partial charge in [0, 0.05) is 4.88 Å². The SMILES string of the molecule is CCc1nc2c(s1)CCCC2NC. The lowest BCUT2D eigenvalue weighted by molar-refractivity contribution is 0.489. The van der Waals surface area contributed by atoms with Crippen molar-refractivity contribution in [3.63, 3.8) is 0 Å². The minimum atomic E-state index is 0.514. The molecule has 0 spiro atoms. The second-order valence-corrected chi connectivity index (χ2v) is 4.67. The quantitative estimate of drug-likeness (QED) is 0.785. The Balaban J connectivity index is 2.32. The summed E-state index contributed by atoms with van der Waals surface area (Å²) in [5.74, 6) is 0. The average molecular weight is 196 g/mol. The predicted molar refractivity (Wildman–Crippen MR) is 56.2 cm³/mol. The van der Waals surface area contributed by atoms with Crippen LogP contribution in [0.2, 0.25) is 0 Å². The van der Waals surface area contributed by atoms with Crippen LogP contribution in [0.1, 0.15) is 41.4 Å². The molecule has 3 heteroatoms. The highest BCUT2D eigenvalue weighted by Gasteiger charge is 2.22. The number of rotatable bonds is 2. The molecule has 2 nitrogen and oxygen atoms in total. The summed E-state index contributed by atoms with van der Waals surface area (Å²) in [6.45, 7) is 2.18. The van der Waals surface area contributed by atoms with Crippen LogP contribution in [0.25, 0.3) is 0 Å². The van der Waals surface area contributed by atoms with Crippen molar-refractivity contribution >= 4 is 11.3 Å². The van der Waals surface area contributed by atoms with E-state index < -0.39 is 0 Å². The molecule has 1 aliphatic rings. The Morgan fingerprint density at radius 2 is 2.46 bits per heavy atom. The Morgan fingerprint density at radius 1 is 1.62 bits per heavy atom.